The van der Waals surface area contributed by atoms with Crippen molar-refractivity contribution in [2.24, 2.45) is 7.05 Å². The summed E-state index contributed by atoms with van der Waals surface area (Å²) in [6, 6.07) is 8.39. The first-order chi connectivity index (χ1) is 9.04. The molecule has 0 aliphatic rings. The number of hydrogen-bond donors (Lipinski definition) is 0. The SMILES string of the molecule is Cc1nn(C)c(CC(CBr)c2ccccc2Br)c1Br. The predicted molar refractivity (Wildman–Crippen MR) is 90.0 cm³/mol. The lowest BCUT2D eigenvalue weighted by atomic mass is 9.96. The lowest BCUT2D eigenvalue weighted by molar-refractivity contribution is 0.658. The van der Waals surface area contributed by atoms with Crippen molar-refractivity contribution in [3.8, 4) is 0 Å². The van der Waals surface area contributed by atoms with Gasteiger partial charge in [-0.15, -0.1) is 0 Å². The molecule has 0 bridgehead atoms. The number of alkyl halides is 1. The Morgan fingerprint density at radius 1 is 1.26 bits per heavy atom. The van der Waals surface area contributed by atoms with Crippen LogP contribution in [0.1, 0.15) is 22.9 Å². The Balaban J connectivity index is 2.32. The van der Waals surface area contributed by atoms with E-state index in [0.717, 1.165) is 26.4 Å². The Bertz CT molecular complexity index is 578. The van der Waals surface area contributed by atoms with E-state index in [4.69, 9.17) is 0 Å². The molecule has 102 valence electrons. The van der Waals surface area contributed by atoms with E-state index < -0.39 is 0 Å². The van der Waals surface area contributed by atoms with Crippen molar-refractivity contribution >= 4 is 47.8 Å². The van der Waals surface area contributed by atoms with Gasteiger partial charge in [-0.3, -0.25) is 4.68 Å². The maximum atomic E-state index is 4.46. The van der Waals surface area contributed by atoms with E-state index in [-0.39, 0.29) is 0 Å². The van der Waals surface area contributed by atoms with Crippen molar-refractivity contribution < 1.29 is 0 Å². The summed E-state index contributed by atoms with van der Waals surface area (Å²) in [7, 11) is 2.00. The second kappa shape index (κ2) is 6.55. The lowest BCUT2D eigenvalue weighted by Gasteiger charge is -2.16. The molecule has 0 amide bonds. The summed E-state index contributed by atoms with van der Waals surface area (Å²) >= 11 is 10.9. The molecular weight excluding hydrogens is 436 g/mol. The molecule has 0 fully saturated rings. The zero-order valence-electron chi connectivity index (χ0n) is 10.8. The normalized spacial score (nSPS) is 12.7. The fourth-order valence-electron chi connectivity index (χ4n) is 2.19. The molecule has 0 saturated heterocycles. The second-order valence-electron chi connectivity index (χ2n) is 4.55. The van der Waals surface area contributed by atoms with Crippen molar-refractivity contribution in [2.75, 3.05) is 5.33 Å². The van der Waals surface area contributed by atoms with Crippen LogP contribution in [0.15, 0.2) is 33.2 Å². The Morgan fingerprint density at radius 3 is 2.47 bits per heavy atom. The highest BCUT2D eigenvalue weighted by Crippen LogP contribution is 2.32. The average Bonchev–Trinajstić information content (AvgIpc) is 2.63. The van der Waals surface area contributed by atoms with E-state index in [9.17, 15) is 0 Å². The van der Waals surface area contributed by atoms with Crippen LogP contribution in [0.3, 0.4) is 0 Å². The maximum Gasteiger partial charge on any atom is 0.0738 e. The summed E-state index contributed by atoms with van der Waals surface area (Å²) in [5.74, 6) is 0.418. The van der Waals surface area contributed by atoms with Crippen LogP contribution >= 0.6 is 47.8 Å². The molecule has 0 spiro atoms. The first kappa shape index (κ1) is 15.3. The van der Waals surface area contributed by atoms with Gasteiger partial charge in [0.05, 0.1) is 15.9 Å². The van der Waals surface area contributed by atoms with Gasteiger partial charge in [-0.1, -0.05) is 50.1 Å². The van der Waals surface area contributed by atoms with Gasteiger partial charge in [-0.2, -0.15) is 5.10 Å². The summed E-state index contributed by atoms with van der Waals surface area (Å²) < 4.78 is 4.24. The zero-order valence-corrected chi connectivity index (χ0v) is 15.6. The number of hydrogen-bond acceptors (Lipinski definition) is 1. The molecule has 0 aliphatic carbocycles. The number of aryl methyl sites for hydroxylation is 2. The molecule has 5 heteroatoms. The predicted octanol–water partition coefficient (Wildman–Crippen LogP) is 4.97. The van der Waals surface area contributed by atoms with Crippen molar-refractivity contribution in [2.45, 2.75) is 19.3 Å². The quantitative estimate of drug-likeness (QED) is 0.601. The van der Waals surface area contributed by atoms with Crippen LogP contribution in [-0.2, 0) is 13.5 Å². The van der Waals surface area contributed by atoms with Crippen LogP contribution in [-0.4, -0.2) is 15.1 Å². The summed E-state index contributed by atoms with van der Waals surface area (Å²) in [5, 5.41) is 5.38. The number of benzene rings is 1. The van der Waals surface area contributed by atoms with Gasteiger partial charge in [0.2, 0.25) is 0 Å². The van der Waals surface area contributed by atoms with Gasteiger partial charge in [0.15, 0.2) is 0 Å². The highest BCUT2D eigenvalue weighted by Gasteiger charge is 2.19. The highest BCUT2D eigenvalue weighted by atomic mass is 79.9. The van der Waals surface area contributed by atoms with Crippen molar-refractivity contribution in [1.29, 1.82) is 0 Å². The van der Waals surface area contributed by atoms with Gasteiger partial charge in [-0.05, 0) is 40.9 Å². The first-order valence-electron chi connectivity index (χ1n) is 6.03. The molecule has 0 saturated carbocycles. The molecule has 1 atom stereocenters. The van der Waals surface area contributed by atoms with Gasteiger partial charge in [0, 0.05) is 22.8 Å². The Hall–Kier alpha value is -0.130. The average molecular weight is 451 g/mol. The van der Waals surface area contributed by atoms with E-state index in [0.29, 0.717) is 5.92 Å². The molecule has 1 aromatic carbocycles. The summed E-state index contributed by atoms with van der Waals surface area (Å²) in [5.41, 5.74) is 3.60. The fourth-order valence-corrected chi connectivity index (χ4v) is 3.87. The summed E-state index contributed by atoms with van der Waals surface area (Å²) in [4.78, 5) is 0. The maximum absolute atomic E-state index is 4.46. The molecule has 2 aromatic rings. The highest BCUT2D eigenvalue weighted by molar-refractivity contribution is 9.11. The van der Waals surface area contributed by atoms with Crippen LogP contribution in [0, 0.1) is 6.92 Å². The minimum absolute atomic E-state index is 0.418. The Kier molecular flexibility index (Phi) is 5.26. The van der Waals surface area contributed by atoms with Crippen LogP contribution in [0.4, 0.5) is 0 Å². The van der Waals surface area contributed by atoms with Crippen molar-refractivity contribution in [3.63, 3.8) is 0 Å². The molecule has 19 heavy (non-hydrogen) atoms. The molecule has 1 unspecified atom stereocenters. The third-order valence-electron chi connectivity index (χ3n) is 3.23. The molecule has 0 radical (unpaired) electrons. The van der Waals surface area contributed by atoms with Gasteiger partial charge < -0.3 is 0 Å². The molecule has 2 rings (SSSR count). The first-order valence-corrected chi connectivity index (χ1v) is 8.73. The standard InChI is InChI=1S/C14H15Br3N2/c1-9-14(17)13(19(2)18-9)7-10(8-15)11-5-3-4-6-12(11)16/h3-6,10H,7-8H2,1-2H3. The fraction of sp³-hybridized carbons (Fsp3) is 0.357. The summed E-state index contributed by atoms with van der Waals surface area (Å²) in [6.45, 7) is 2.02. The van der Waals surface area contributed by atoms with E-state index in [2.05, 4.69) is 71.1 Å². The molecule has 1 aromatic heterocycles. The van der Waals surface area contributed by atoms with Gasteiger partial charge in [-0.25, -0.2) is 0 Å². The number of halogens is 3. The van der Waals surface area contributed by atoms with Gasteiger partial charge >= 0.3 is 0 Å². The van der Waals surface area contributed by atoms with Crippen LogP contribution < -0.4 is 0 Å². The topological polar surface area (TPSA) is 17.8 Å². The molecule has 0 aliphatic heterocycles. The van der Waals surface area contributed by atoms with E-state index in [1.165, 1.54) is 11.3 Å². The third-order valence-corrected chi connectivity index (χ3v) is 5.77. The number of aromatic nitrogens is 2. The number of rotatable bonds is 4. The Morgan fingerprint density at radius 2 is 1.95 bits per heavy atom. The smallest absolute Gasteiger partial charge is 0.0738 e. The summed E-state index contributed by atoms with van der Waals surface area (Å²) in [6.07, 6.45) is 0.950. The molecular formula is C14H15Br3N2. The van der Waals surface area contributed by atoms with Gasteiger partial charge in [0.1, 0.15) is 0 Å². The van der Waals surface area contributed by atoms with Crippen molar-refractivity contribution in [1.82, 2.24) is 9.78 Å². The molecule has 1 heterocycles. The lowest BCUT2D eigenvalue weighted by Crippen LogP contribution is -2.09. The third kappa shape index (κ3) is 3.31. The van der Waals surface area contributed by atoms with Crippen LogP contribution in [0.25, 0.3) is 0 Å². The van der Waals surface area contributed by atoms with Crippen LogP contribution in [0.2, 0.25) is 0 Å². The second-order valence-corrected chi connectivity index (χ2v) is 6.84. The minimum atomic E-state index is 0.418. The monoisotopic (exact) mass is 448 g/mol. The van der Waals surface area contributed by atoms with E-state index in [1.807, 2.05) is 24.7 Å². The molecule has 2 nitrogen and oxygen atoms in total. The van der Waals surface area contributed by atoms with E-state index >= 15 is 0 Å². The molecule has 0 N–H and O–H groups in total. The van der Waals surface area contributed by atoms with Crippen LogP contribution in [0.5, 0.6) is 0 Å². The number of nitrogens with zero attached hydrogens (tertiary/aromatic N) is 2. The van der Waals surface area contributed by atoms with Crippen molar-refractivity contribution in [3.05, 3.63) is 50.2 Å². The minimum Gasteiger partial charge on any atom is -0.271 e. The zero-order chi connectivity index (χ0) is 14.0. The van der Waals surface area contributed by atoms with Gasteiger partial charge in [0.25, 0.3) is 0 Å². The largest absolute Gasteiger partial charge is 0.271 e. The Labute approximate surface area is 139 Å². The van der Waals surface area contributed by atoms with E-state index in [1.54, 1.807) is 0 Å².